The quantitative estimate of drug-likeness (QED) is 0.572. The fourth-order valence-corrected chi connectivity index (χ4v) is 8.41. The van der Waals surface area contributed by atoms with Gasteiger partial charge in [-0.15, -0.1) is 0 Å². The van der Waals surface area contributed by atoms with Crippen LogP contribution in [0.25, 0.3) is 0 Å². The molecule has 6 rings (SSSR count). The summed E-state index contributed by atoms with van der Waals surface area (Å²) in [7, 11) is 1.76. The van der Waals surface area contributed by atoms with E-state index in [0.717, 1.165) is 36.8 Å². The molecule has 1 saturated heterocycles. The summed E-state index contributed by atoms with van der Waals surface area (Å²) in [5.74, 6) is -0.762. The van der Waals surface area contributed by atoms with E-state index in [4.69, 9.17) is 14.2 Å². The molecule has 1 aliphatic heterocycles. The van der Waals surface area contributed by atoms with Gasteiger partial charge in [0.15, 0.2) is 23.3 Å². The summed E-state index contributed by atoms with van der Waals surface area (Å²) < 4.78 is 18.7. The molecule has 0 aromatic carbocycles. The number of amides is 1. The van der Waals surface area contributed by atoms with Crippen molar-refractivity contribution >= 4 is 11.9 Å². The lowest BCUT2D eigenvalue weighted by Gasteiger charge is -2.53. The van der Waals surface area contributed by atoms with Gasteiger partial charge in [-0.1, -0.05) is 32.9 Å². The van der Waals surface area contributed by atoms with E-state index in [9.17, 15) is 14.7 Å². The minimum Gasteiger partial charge on any atom is -0.438 e. The van der Waals surface area contributed by atoms with Crippen molar-refractivity contribution in [1.29, 1.82) is 0 Å². The number of Topliss-reactive ketones (excluding diaryl/α,β-unsaturated/α-hetero) is 1. The molecule has 0 aromatic rings. The number of carbonyl (C=O) groups is 2. The van der Waals surface area contributed by atoms with Crippen molar-refractivity contribution in [2.24, 2.45) is 34.5 Å². The first kappa shape index (κ1) is 24.6. The molecule has 36 heavy (non-hydrogen) atoms. The van der Waals surface area contributed by atoms with Crippen LogP contribution in [0, 0.1) is 34.5 Å². The number of ether oxygens (including phenoxy) is 3. The van der Waals surface area contributed by atoms with E-state index >= 15 is 0 Å². The summed E-state index contributed by atoms with van der Waals surface area (Å²) in [6.45, 7) is 12.4. The summed E-state index contributed by atoms with van der Waals surface area (Å²) in [6, 6.07) is 0.159. The second-order valence-corrected chi connectivity index (χ2v) is 13.5. The van der Waals surface area contributed by atoms with Crippen molar-refractivity contribution < 1.29 is 28.9 Å². The van der Waals surface area contributed by atoms with Gasteiger partial charge in [0.05, 0.1) is 12.0 Å². The number of nitrogens with zero attached hydrogens (tertiary/aromatic N) is 1. The normalized spacial score (nSPS) is 46.1. The number of hydrogen-bond acceptors (Lipinski definition) is 6. The Hall–Kier alpha value is -1.70. The third-order valence-electron chi connectivity index (χ3n) is 10.8. The van der Waals surface area contributed by atoms with Gasteiger partial charge in [0.2, 0.25) is 0 Å². The number of aliphatic hydroxyl groups is 1. The van der Waals surface area contributed by atoms with Crippen LogP contribution < -0.4 is 0 Å². The smallest absolute Gasteiger partial charge is 0.410 e. The third-order valence-corrected chi connectivity index (χ3v) is 10.8. The molecular formula is C29H41NO6. The van der Waals surface area contributed by atoms with E-state index in [1.165, 1.54) is 0 Å². The SMILES string of the molecule is CC1=CC23C(=O)[C@@H](C=C4COC(C)(C)O[C@H]4[C@]2(O)[C@H]1OC(=O)N(C)C1CCC1)[C@H]1[C@@H](CC3C)C1(C)C. The molecule has 0 radical (unpaired) electrons. The highest BCUT2D eigenvalue weighted by Gasteiger charge is 2.77. The fourth-order valence-electron chi connectivity index (χ4n) is 8.41. The summed E-state index contributed by atoms with van der Waals surface area (Å²) in [6.07, 6.45) is 5.56. The molecule has 2 unspecified atom stereocenters. The number of allylic oxidation sites excluding steroid dienone is 1. The molecule has 3 saturated carbocycles. The lowest BCUT2D eigenvalue weighted by Crippen LogP contribution is -2.68. The Bertz CT molecular complexity index is 1070. The van der Waals surface area contributed by atoms with Gasteiger partial charge in [-0.05, 0) is 80.8 Å². The molecular weight excluding hydrogens is 458 g/mol. The monoisotopic (exact) mass is 499 g/mol. The average molecular weight is 500 g/mol. The Morgan fingerprint density at radius 1 is 1.22 bits per heavy atom. The molecule has 5 aliphatic carbocycles. The van der Waals surface area contributed by atoms with Gasteiger partial charge in [0.1, 0.15) is 6.10 Å². The van der Waals surface area contributed by atoms with Gasteiger partial charge in [-0.25, -0.2) is 4.79 Å². The molecule has 8 atom stereocenters. The van der Waals surface area contributed by atoms with Crippen LogP contribution in [0.1, 0.15) is 67.2 Å². The second kappa shape index (κ2) is 7.45. The first-order chi connectivity index (χ1) is 16.8. The molecule has 2 bridgehead atoms. The Labute approximate surface area is 214 Å². The van der Waals surface area contributed by atoms with E-state index < -0.39 is 35.1 Å². The van der Waals surface area contributed by atoms with Crippen molar-refractivity contribution in [2.75, 3.05) is 13.7 Å². The Morgan fingerprint density at radius 2 is 1.92 bits per heavy atom. The minimum absolute atomic E-state index is 0.0316. The maximum Gasteiger partial charge on any atom is 0.410 e. The zero-order chi connectivity index (χ0) is 26.0. The maximum atomic E-state index is 14.7. The standard InChI is InChI=1S/C29H41NO6/c1-15-13-28-16(2)11-20-21(26(20,3)4)19(22(28)31)12-17-14-34-27(5,6)36-24(17)29(28,33)23(15)35-25(32)30(7)18-9-8-10-18/h12-13,16,18-21,23-24,33H,8-11,14H2,1-7H3/t16?,19-,20+,21-,23-,24+,28?,29+/m0/s1. The van der Waals surface area contributed by atoms with Crippen LogP contribution in [0.4, 0.5) is 4.79 Å². The Kier molecular flexibility index (Phi) is 5.09. The molecule has 1 spiro atoms. The lowest BCUT2D eigenvalue weighted by atomic mass is 9.59. The van der Waals surface area contributed by atoms with E-state index in [2.05, 4.69) is 20.8 Å². The number of fused-ring (bicyclic) bond motifs is 5. The van der Waals surface area contributed by atoms with Gasteiger partial charge >= 0.3 is 6.09 Å². The van der Waals surface area contributed by atoms with E-state index in [0.29, 0.717) is 5.92 Å². The lowest BCUT2D eigenvalue weighted by molar-refractivity contribution is -0.303. The number of ketones is 1. The van der Waals surface area contributed by atoms with Gasteiger partial charge < -0.3 is 24.2 Å². The van der Waals surface area contributed by atoms with Crippen molar-refractivity contribution in [3.8, 4) is 0 Å². The topological polar surface area (TPSA) is 85.3 Å². The number of carbonyl (C=O) groups excluding carboxylic acids is 2. The van der Waals surface area contributed by atoms with Crippen LogP contribution in [0.5, 0.6) is 0 Å². The average Bonchev–Trinajstić information content (AvgIpc) is 3.25. The molecule has 198 valence electrons. The van der Waals surface area contributed by atoms with Crippen molar-refractivity contribution in [3.63, 3.8) is 0 Å². The molecule has 0 aromatic heterocycles. The summed E-state index contributed by atoms with van der Waals surface area (Å²) in [4.78, 5) is 29.6. The number of rotatable bonds is 2. The highest BCUT2D eigenvalue weighted by Crippen LogP contribution is 2.72. The zero-order valence-corrected chi connectivity index (χ0v) is 22.7. The highest BCUT2D eigenvalue weighted by atomic mass is 16.7. The maximum absolute atomic E-state index is 14.7. The van der Waals surface area contributed by atoms with Crippen LogP contribution in [0.2, 0.25) is 0 Å². The van der Waals surface area contributed by atoms with Gasteiger partial charge in [-0.2, -0.15) is 0 Å². The largest absolute Gasteiger partial charge is 0.438 e. The molecule has 1 amide bonds. The molecule has 4 fully saturated rings. The van der Waals surface area contributed by atoms with Gasteiger partial charge in [-0.3, -0.25) is 4.79 Å². The summed E-state index contributed by atoms with van der Waals surface area (Å²) in [5.41, 5.74) is -1.40. The third kappa shape index (κ3) is 2.97. The van der Waals surface area contributed by atoms with E-state index in [-0.39, 0.29) is 41.6 Å². The van der Waals surface area contributed by atoms with Crippen molar-refractivity contribution in [3.05, 3.63) is 23.3 Å². The Morgan fingerprint density at radius 3 is 2.56 bits per heavy atom. The molecule has 6 aliphatic rings. The second-order valence-electron chi connectivity index (χ2n) is 13.5. The van der Waals surface area contributed by atoms with Crippen molar-refractivity contribution in [2.45, 2.75) is 96.9 Å². The van der Waals surface area contributed by atoms with Crippen LogP contribution in [-0.2, 0) is 19.0 Å². The highest BCUT2D eigenvalue weighted by molar-refractivity contribution is 5.95. The summed E-state index contributed by atoms with van der Waals surface area (Å²) >= 11 is 0. The Balaban J connectivity index is 1.49. The number of hydrogen-bond donors (Lipinski definition) is 1. The van der Waals surface area contributed by atoms with Crippen LogP contribution in [0.3, 0.4) is 0 Å². The molecule has 1 heterocycles. The summed E-state index contributed by atoms with van der Waals surface area (Å²) in [5, 5.41) is 13.0. The molecule has 1 N–H and O–H groups in total. The van der Waals surface area contributed by atoms with Crippen LogP contribution in [0.15, 0.2) is 23.3 Å². The van der Waals surface area contributed by atoms with Gasteiger partial charge in [0.25, 0.3) is 0 Å². The van der Waals surface area contributed by atoms with E-state index in [1.54, 1.807) is 11.9 Å². The molecule has 7 nitrogen and oxygen atoms in total. The van der Waals surface area contributed by atoms with Crippen molar-refractivity contribution in [1.82, 2.24) is 4.90 Å². The van der Waals surface area contributed by atoms with Crippen LogP contribution >= 0.6 is 0 Å². The molecule has 7 heteroatoms. The minimum atomic E-state index is -1.76. The predicted octanol–water partition coefficient (Wildman–Crippen LogP) is 4.24. The van der Waals surface area contributed by atoms with Gasteiger partial charge in [0, 0.05) is 19.0 Å². The van der Waals surface area contributed by atoms with Crippen LogP contribution in [-0.4, -0.2) is 65.2 Å². The van der Waals surface area contributed by atoms with E-state index in [1.807, 2.05) is 32.9 Å². The fraction of sp³-hybridized carbons (Fsp3) is 0.793. The first-order valence-electron chi connectivity index (χ1n) is 13.7. The zero-order valence-electron chi connectivity index (χ0n) is 22.7. The predicted molar refractivity (Wildman–Crippen MR) is 133 cm³/mol. The first-order valence-corrected chi connectivity index (χ1v) is 13.7.